The Morgan fingerprint density at radius 3 is 2.14 bits per heavy atom. The normalized spacial score (nSPS) is 18.7. The van der Waals surface area contributed by atoms with E-state index < -0.39 is 17.5 Å². The lowest BCUT2D eigenvalue weighted by atomic mass is 9.73. The Labute approximate surface area is 206 Å². The molecule has 0 radical (unpaired) electrons. The molecule has 186 valence electrons. The van der Waals surface area contributed by atoms with Gasteiger partial charge in [-0.1, -0.05) is 62.4 Å². The SMILES string of the molecule is CC(C)(CNC(=O)CC1CC(CNC(=O)OCC2c3ccccc3-c3ccccc32)C1)CC(=O)O. The number of nitrogens with one attached hydrogen (secondary N) is 2. The van der Waals surface area contributed by atoms with Crippen LogP contribution in [-0.4, -0.2) is 42.8 Å². The Hall–Kier alpha value is -3.35. The van der Waals surface area contributed by atoms with Gasteiger partial charge in [0.2, 0.25) is 5.91 Å². The number of carbonyl (C=O) groups excluding carboxylic acids is 2. The summed E-state index contributed by atoms with van der Waals surface area (Å²) in [5.74, 6) is -0.227. The van der Waals surface area contributed by atoms with Crippen LogP contribution >= 0.6 is 0 Å². The van der Waals surface area contributed by atoms with Crippen LogP contribution in [0.15, 0.2) is 48.5 Å². The Balaban J connectivity index is 1.15. The van der Waals surface area contributed by atoms with Gasteiger partial charge >= 0.3 is 12.1 Å². The van der Waals surface area contributed by atoms with Crippen LogP contribution in [-0.2, 0) is 14.3 Å². The number of benzene rings is 2. The quantitative estimate of drug-likeness (QED) is 0.464. The number of carboxylic acids is 1. The van der Waals surface area contributed by atoms with Crippen molar-refractivity contribution in [1.82, 2.24) is 10.6 Å². The van der Waals surface area contributed by atoms with Gasteiger partial charge in [-0.15, -0.1) is 0 Å². The Morgan fingerprint density at radius 2 is 1.54 bits per heavy atom. The van der Waals surface area contributed by atoms with E-state index in [4.69, 9.17) is 9.84 Å². The van der Waals surface area contributed by atoms with Crippen molar-refractivity contribution < 1.29 is 24.2 Å². The maximum atomic E-state index is 12.3. The van der Waals surface area contributed by atoms with Crippen molar-refractivity contribution in [3.8, 4) is 11.1 Å². The molecule has 0 saturated heterocycles. The van der Waals surface area contributed by atoms with E-state index in [2.05, 4.69) is 34.9 Å². The zero-order valence-electron chi connectivity index (χ0n) is 20.4. The van der Waals surface area contributed by atoms with Gasteiger partial charge in [0.1, 0.15) is 6.61 Å². The number of rotatable bonds is 10. The van der Waals surface area contributed by atoms with E-state index in [1.165, 1.54) is 22.3 Å². The highest BCUT2D eigenvalue weighted by atomic mass is 16.5. The van der Waals surface area contributed by atoms with Gasteiger partial charge in [-0.3, -0.25) is 9.59 Å². The first-order chi connectivity index (χ1) is 16.7. The van der Waals surface area contributed by atoms with Crippen LogP contribution in [0, 0.1) is 17.3 Å². The molecule has 2 aliphatic rings. The number of fused-ring (bicyclic) bond motifs is 3. The molecule has 2 aromatic rings. The number of alkyl carbamates (subject to hydrolysis) is 1. The molecule has 7 nitrogen and oxygen atoms in total. The maximum Gasteiger partial charge on any atom is 0.407 e. The summed E-state index contributed by atoms with van der Waals surface area (Å²) in [7, 11) is 0. The van der Waals surface area contributed by atoms with E-state index >= 15 is 0 Å². The summed E-state index contributed by atoms with van der Waals surface area (Å²) in [4.78, 5) is 35.4. The fourth-order valence-electron chi connectivity index (χ4n) is 5.23. The van der Waals surface area contributed by atoms with Gasteiger partial charge in [-0.2, -0.15) is 0 Å². The number of hydrogen-bond acceptors (Lipinski definition) is 4. The van der Waals surface area contributed by atoms with Gasteiger partial charge in [0.15, 0.2) is 0 Å². The average molecular weight is 479 g/mol. The standard InChI is InChI=1S/C28H34N2O5/c1-28(2,14-26(32)33)17-30-25(31)13-18-11-19(12-18)15-29-27(34)35-16-24-22-9-5-3-7-20(22)21-8-4-6-10-23(21)24/h3-10,18-19,24H,11-17H2,1-2H3,(H,29,34)(H,30,31)(H,32,33). The lowest BCUT2D eigenvalue weighted by Gasteiger charge is -2.35. The molecule has 4 rings (SSSR count). The van der Waals surface area contributed by atoms with Crippen LogP contribution in [0.4, 0.5) is 4.79 Å². The summed E-state index contributed by atoms with van der Waals surface area (Å²) < 4.78 is 5.59. The van der Waals surface area contributed by atoms with Gasteiger partial charge in [0, 0.05) is 25.4 Å². The van der Waals surface area contributed by atoms with E-state index in [1.807, 2.05) is 38.1 Å². The molecule has 1 saturated carbocycles. The van der Waals surface area contributed by atoms with Crippen LogP contribution in [0.5, 0.6) is 0 Å². The first kappa shape index (κ1) is 24.8. The minimum Gasteiger partial charge on any atom is -0.481 e. The second-order valence-corrected chi connectivity index (χ2v) is 10.6. The van der Waals surface area contributed by atoms with E-state index in [1.54, 1.807) is 0 Å². The zero-order chi connectivity index (χ0) is 25.0. The smallest absolute Gasteiger partial charge is 0.407 e. The van der Waals surface area contributed by atoms with Crippen molar-refractivity contribution in [3.05, 3.63) is 59.7 Å². The third-order valence-corrected chi connectivity index (χ3v) is 7.08. The predicted molar refractivity (Wildman–Crippen MR) is 133 cm³/mol. The molecule has 0 heterocycles. The third-order valence-electron chi connectivity index (χ3n) is 7.08. The predicted octanol–water partition coefficient (Wildman–Crippen LogP) is 4.56. The van der Waals surface area contributed by atoms with E-state index in [0.29, 0.717) is 38.0 Å². The number of carboxylic acid groups (broad SMARTS) is 1. The molecule has 0 unspecified atom stereocenters. The van der Waals surface area contributed by atoms with Crippen molar-refractivity contribution in [1.29, 1.82) is 0 Å². The van der Waals surface area contributed by atoms with Crippen LogP contribution in [0.1, 0.15) is 56.6 Å². The average Bonchev–Trinajstić information content (AvgIpc) is 3.11. The van der Waals surface area contributed by atoms with Gasteiger partial charge in [-0.05, 0) is 52.3 Å². The van der Waals surface area contributed by atoms with Crippen molar-refractivity contribution >= 4 is 18.0 Å². The third kappa shape index (κ3) is 6.21. The topological polar surface area (TPSA) is 105 Å². The number of carbonyl (C=O) groups is 3. The van der Waals surface area contributed by atoms with E-state index in [9.17, 15) is 14.4 Å². The summed E-state index contributed by atoms with van der Waals surface area (Å²) in [5, 5.41) is 14.7. The fraction of sp³-hybridized carbons (Fsp3) is 0.464. The summed E-state index contributed by atoms with van der Waals surface area (Å²) in [6, 6.07) is 16.5. The summed E-state index contributed by atoms with van der Waals surface area (Å²) in [6.07, 6.45) is 1.81. The number of ether oxygens (including phenoxy) is 1. The molecule has 0 aliphatic heterocycles. The molecule has 2 aromatic carbocycles. The van der Waals surface area contributed by atoms with Gasteiger partial charge in [0.25, 0.3) is 0 Å². The summed E-state index contributed by atoms with van der Waals surface area (Å²) in [5.41, 5.74) is 4.30. The molecular weight excluding hydrogens is 444 g/mol. The number of hydrogen-bond donors (Lipinski definition) is 3. The lowest BCUT2D eigenvalue weighted by molar-refractivity contribution is -0.139. The first-order valence-corrected chi connectivity index (χ1v) is 12.3. The van der Waals surface area contributed by atoms with Crippen LogP contribution in [0.25, 0.3) is 11.1 Å². The van der Waals surface area contributed by atoms with Gasteiger partial charge < -0.3 is 20.5 Å². The Bertz CT molecular complexity index is 1040. The molecule has 7 heteroatoms. The largest absolute Gasteiger partial charge is 0.481 e. The Kier molecular flexibility index (Phi) is 7.43. The number of aliphatic carboxylic acids is 1. The fourth-order valence-corrected chi connectivity index (χ4v) is 5.23. The highest BCUT2D eigenvalue weighted by molar-refractivity contribution is 5.79. The zero-order valence-corrected chi connectivity index (χ0v) is 20.4. The molecule has 2 amide bonds. The van der Waals surface area contributed by atoms with Crippen LogP contribution in [0.3, 0.4) is 0 Å². The lowest BCUT2D eigenvalue weighted by Crippen LogP contribution is -2.40. The Morgan fingerprint density at radius 1 is 0.943 bits per heavy atom. The minimum absolute atomic E-state index is 0.0142. The monoisotopic (exact) mass is 478 g/mol. The van der Waals surface area contributed by atoms with Crippen molar-refractivity contribution in [2.75, 3.05) is 19.7 Å². The minimum atomic E-state index is -0.866. The highest BCUT2D eigenvalue weighted by Gasteiger charge is 2.32. The number of amides is 2. The second-order valence-electron chi connectivity index (χ2n) is 10.6. The molecular formula is C28H34N2O5. The van der Waals surface area contributed by atoms with Crippen LogP contribution in [0.2, 0.25) is 0 Å². The van der Waals surface area contributed by atoms with Gasteiger partial charge in [-0.25, -0.2) is 4.79 Å². The molecule has 0 atom stereocenters. The summed E-state index contributed by atoms with van der Waals surface area (Å²) in [6.45, 7) is 4.84. The van der Waals surface area contributed by atoms with E-state index in [0.717, 1.165) is 12.8 Å². The van der Waals surface area contributed by atoms with Crippen LogP contribution < -0.4 is 10.6 Å². The summed E-state index contributed by atoms with van der Waals surface area (Å²) >= 11 is 0. The molecule has 0 bridgehead atoms. The molecule has 35 heavy (non-hydrogen) atoms. The highest BCUT2D eigenvalue weighted by Crippen LogP contribution is 2.44. The molecule has 2 aliphatic carbocycles. The van der Waals surface area contributed by atoms with Crippen molar-refractivity contribution in [2.45, 2.75) is 45.4 Å². The molecule has 1 fully saturated rings. The first-order valence-electron chi connectivity index (χ1n) is 12.3. The maximum absolute atomic E-state index is 12.3. The molecule has 3 N–H and O–H groups in total. The van der Waals surface area contributed by atoms with Crippen molar-refractivity contribution in [3.63, 3.8) is 0 Å². The van der Waals surface area contributed by atoms with Crippen molar-refractivity contribution in [2.24, 2.45) is 17.3 Å². The van der Waals surface area contributed by atoms with Gasteiger partial charge in [0.05, 0.1) is 6.42 Å². The van der Waals surface area contributed by atoms with E-state index in [-0.39, 0.29) is 18.2 Å². The second kappa shape index (κ2) is 10.5. The molecule has 0 spiro atoms. The molecule has 0 aromatic heterocycles.